The number of hydrogen-bond donors (Lipinski definition) is 0. The molecule has 2 nitrogen and oxygen atoms in total. The van der Waals surface area contributed by atoms with Crippen LogP contribution in [0.2, 0.25) is 0 Å². The highest BCUT2D eigenvalue weighted by molar-refractivity contribution is 5.83. The van der Waals surface area contributed by atoms with Crippen LogP contribution in [0, 0.1) is 5.92 Å². The highest BCUT2D eigenvalue weighted by Crippen LogP contribution is 2.22. The second-order valence-corrected chi connectivity index (χ2v) is 6.14. The number of carbonyl (C=O) groups excluding carboxylic acids is 2. The predicted molar refractivity (Wildman–Crippen MR) is 94.1 cm³/mol. The summed E-state index contributed by atoms with van der Waals surface area (Å²) in [7, 11) is 0. The molecular formula is C20H32O2. The summed E-state index contributed by atoms with van der Waals surface area (Å²) in [6.45, 7) is 9.69. The summed E-state index contributed by atoms with van der Waals surface area (Å²) < 4.78 is 0. The lowest BCUT2D eigenvalue weighted by molar-refractivity contribution is -0.119. The fourth-order valence-electron chi connectivity index (χ4n) is 2.33. The zero-order valence-corrected chi connectivity index (χ0v) is 14.9. The first kappa shape index (κ1) is 20.6. The number of ketones is 2. The van der Waals surface area contributed by atoms with Crippen LogP contribution in [0.15, 0.2) is 30.3 Å². The van der Waals surface area contributed by atoms with Crippen LogP contribution in [0.4, 0.5) is 0 Å². The molecule has 22 heavy (non-hydrogen) atoms. The Balaban J connectivity index is 0.000000472. The Bertz CT molecular complexity index is 423. The van der Waals surface area contributed by atoms with Gasteiger partial charge in [-0.05, 0) is 31.7 Å². The molecule has 2 unspecified atom stereocenters. The van der Waals surface area contributed by atoms with Crippen molar-refractivity contribution in [3.63, 3.8) is 0 Å². The molecule has 2 atom stereocenters. The first-order valence-electron chi connectivity index (χ1n) is 8.47. The molecule has 0 bridgehead atoms. The first-order valence-corrected chi connectivity index (χ1v) is 8.47. The molecule has 2 heteroatoms. The van der Waals surface area contributed by atoms with Gasteiger partial charge in [-0.15, -0.1) is 0 Å². The zero-order chi connectivity index (χ0) is 17.0. The van der Waals surface area contributed by atoms with Crippen LogP contribution in [-0.2, 0) is 9.59 Å². The van der Waals surface area contributed by atoms with Crippen molar-refractivity contribution in [2.45, 2.75) is 72.6 Å². The number of rotatable bonds is 8. The maximum absolute atomic E-state index is 11.5. The minimum absolute atomic E-state index is 0.108. The lowest BCUT2D eigenvalue weighted by Gasteiger charge is -2.13. The number of hydrogen-bond acceptors (Lipinski definition) is 2. The van der Waals surface area contributed by atoms with E-state index in [9.17, 15) is 9.59 Å². The van der Waals surface area contributed by atoms with Crippen LogP contribution < -0.4 is 0 Å². The lowest BCUT2D eigenvalue weighted by Crippen LogP contribution is -2.08. The molecule has 0 heterocycles. The van der Waals surface area contributed by atoms with Crippen LogP contribution in [0.25, 0.3) is 0 Å². The van der Waals surface area contributed by atoms with Gasteiger partial charge in [-0.25, -0.2) is 0 Å². The van der Waals surface area contributed by atoms with Gasteiger partial charge >= 0.3 is 0 Å². The van der Waals surface area contributed by atoms with E-state index in [2.05, 4.69) is 20.8 Å². The third-order valence-electron chi connectivity index (χ3n) is 3.87. The number of unbranched alkanes of at least 4 members (excludes halogenated alkanes) is 1. The zero-order valence-electron chi connectivity index (χ0n) is 14.9. The van der Waals surface area contributed by atoms with E-state index in [1.54, 1.807) is 13.8 Å². The Morgan fingerprint density at radius 1 is 1.05 bits per heavy atom. The molecule has 1 aromatic carbocycles. The number of Topliss-reactive ketones (excluding diaryl/α,β-unsaturated/α-hetero) is 2. The van der Waals surface area contributed by atoms with Gasteiger partial charge in [0, 0.05) is 12.3 Å². The molecule has 0 aliphatic carbocycles. The van der Waals surface area contributed by atoms with Gasteiger partial charge in [0.2, 0.25) is 0 Å². The number of benzene rings is 1. The predicted octanol–water partition coefficient (Wildman–Crippen LogP) is 5.56. The van der Waals surface area contributed by atoms with E-state index < -0.39 is 0 Å². The van der Waals surface area contributed by atoms with Gasteiger partial charge < -0.3 is 4.79 Å². The summed E-state index contributed by atoms with van der Waals surface area (Å²) in [5.41, 5.74) is 1.16. The molecule has 0 fully saturated rings. The fraction of sp³-hybridized carbons (Fsp3) is 0.600. The van der Waals surface area contributed by atoms with E-state index in [0.717, 1.165) is 37.7 Å². The van der Waals surface area contributed by atoms with Crippen molar-refractivity contribution in [3.8, 4) is 0 Å². The molecule has 0 radical (unpaired) electrons. The normalized spacial score (nSPS) is 12.8. The molecule has 0 aliphatic heterocycles. The average molecular weight is 304 g/mol. The molecule has 0 aromatic heterocycles. The molecule has 0 amide bonds. The van der Waals surface area contributed by atoms with Gasteiger partial charge in [0.15, 0.2) is 0 Å². The highest BCUT2D eigenvalue weighted by atomic mass is 16.1. The van der Waals surface area contributed by atoms with Gasteiger partial charge in [-0.1, -0.05) is 70.4 Å². The molecule has 0 aliphatic rings. The molecule has 1 rings (SSSR count). The molecular weight excluding hydrogens is 272 g/mol. The summed E-state index contributed by atoms with van der Waals surface area (Å²) in [6.07, 6.45) is 5.11. The largest absolute Gasteiger partial charge is 0.300 e. The Morgan fingerprint density at radius 3 is 2.00 bits per heavy atom. The van der Waals surface area contributed by atoms with Gasteiger partial charge in [0.1, 0.15) is 11.6 Å². The molecule has 0 N–H and O–H groups in total. The molecule has 1 aromatic rings. The third-order valence-corrected chi connectivity index (χ3v) is 3.87. The van der Waals surface area contributed by atoms with Crippen molar-refractivity contribution in [2.24, 2.45) is 5.92 Å². The van der Waals surface area contributed by atoms with Crippen molar-refractivity contribution in [1.82, 2.24) is 0 Å². The van der Waals surface area contributed by atoms with E-state index in [-0.39, 0.29) is 11.7 Å². The quantitative estimate of drug-likeness (QED) is 0.630. The van der Waals surface area contributed by atoms with Gasteiger partial charge in [-0.2, -0.15) is 0 Å². The van der Waals surface area contributed by atoms with Crippen LogP contribution in [-0.4, -0.2) is 11.6 Å². The average Bonchev–Trinajstić information content (AvgIpc) is 2.48. The molecule has 124 valence electrons. The Labute approximate surface area is 136 Å². The highest BCUT2D eigenvalue weighted by Gasteiger charge is 2.14. The van der Waals surface area contributed by atoms with E-state index >= 15 is 0 Å². The topological polar surface area (TPSA) is 34.1 Å². The SMILES string of the molecule is CCC(C)CC(C)=O.CCCCC(C(C)=O)c1ccccc1. The lowest BCUT2D eigenvalue weighted by atomic mass is 9.90. The summed E-state index contributed by atoms with van der Waals surface area (Å²) in [5.74, 6) is 1.27. The van der Waals surface area contributed by atoms with Crippen LogP contribution in [0.3, 0.4) is 0 Å². The Morgan fingerprint density at radius 2 is 1.64 bits per heavy atom. The van der Waals surface area contributed by atoms with Gasteiger partial charge in [-0.3, -0.25) is 4.79 Å². The molecule has 0 saturated heterocycles. The van der Waals surface area contributed by atoms with Crippen LogP contribution in [0.1, 0.15) is 78.2 Å². The second kappa shape index (κ2) is 12.1. The Hall–Kier alpha value is -1.44. The first-order chi connectivity index (χ1) is 10.4. The summed E-state index contributed by atoms with van der Waals surface area (Å²) in [4.78, 5) is 21.9. The minimum atomic E-state index is 0.108. The van der Waals surface area contributed by atoms with Crippen molar-refractivity contribution in [1.29, 1.82) is 0 Å². The van der Waals surface area contributed by atoms with Crippen molar-refractivity contribution in [3.05, 3.63) is 35.9 Å². The van der Waals surface area contributed by atoms with Crippen LogP contribution >= 0.6 is 0 Å². The van der Waals surface area contributed by atoms with E-state index in [4.69, 9.17) is 0 Å². The van der Waals surface area contributed by atoms with E-state index in [0.29, 0.717) is 11.7 Å². The van der Waals surface area contributed by atoms with Crippen molar-refractivity contribution in [2.75, 3.05) is 0 Å². The fourth-order valence-corrected chi connectivity index (χ4v) is 2.33. The second-order valence-electron chi connectivity index (χ2n) is 6.14. The van der Waals surface area contributed by atoms with E-state index in [1.807, 2.05) is 30.3 Å². The van der Waals surface area contributed by atoms with Crippen molar-refractivity contribution < 1.29 is 9.59 Å². The van der Waals surface area contributed by atoms with E-state index in [1.165, 1.54) is 0 Å². The summed E-state index contributed by atoms with van der Waals surface area (Å²) >= 11 is 0. The standard InChI is InChI=1S/C13H18O.C7H14O/c1-3-4-10-13(11(2)14)12-8-6-5-7-9-12;1-4-6(2)5-7(3)8/h5-9,13H,3-4,10H2,1-2H3;6H,4-5H2,1-3H3. The van der Waals surface area contributed by atoms with Gasteiger partial charge in [0.05, 0.1) is 0 Å². The summed E-state index contributed by atoms with van der Waals surface area (Å²) in [6, 6.07) is 10.1. The number of carbonyl (C=O) groups is 2. The maximum atomic E-state index is 11.5. The summed E-state index contributed by atoms with van der Waals surface area (Å²) in [5, 5.41) is 0. The minimum Gasteiger partial charge on any atom is -0.300 e. The smallest absolute Gasteiger partial charge is 0.137 e. The molecule has 0 spiro atoms. The van der Waals surface area contributed by atoms with Crippen molar-refractivity contribution >= 4 is 11.6 Å². The maximum Gasteiger partial charge on any atom is 0.137 e. The monoisotopic (exact) mass is 304 g/mol. The van der Waals surface area contributed by atoms with Gasteiger partial charge in [0.25, 0.3) is 0 Å². The Kier molecular flexibility index (Phi) is 11.3. The third kappa shape index (κ3) is 9.49. The molecule has 0 saturated carbocycles. The van der Waals surface area contributed by atoms with Crippen LogP contribution in [0.5, 0.6) is 0 Å².